The smallest absolute Gasteiger partial charge is 0.0684 e. The zero-order valence-electron chi connectivity index (χ0n) is 22.4. The zero-order valence-corrected chi connectivity index (χ0v) is 25.4. The van der Waals surface area contributed by atoms with E-state index < -0.39 is 0 Å². The van der Waals surface area contributed by atoms with Crippen molar-refractivity contribution in [2.24, 2.45) is 0 Å². The second-order valence-corrected chi connectivity index (χ2v) is 11.3. The fourth-order valence-corrected chi connectivity index (χ4v) is 6.35. The first-order chi connectivity index (χ1) is 20.5. The van der Waals surface area contributed by atoms with Gasteiger partial charge in [-0.05, 0) is 33.4 Å². The van der Waals surface area contributed by atoms with Crippen LogP contribution < -0.4 is 0 Å². The van der Waals surface area contributed by atoms with Gasteiger partial charge in [-0.1, -0.05) is 192 Å². The van der Waals surface area contributed by atoms with E-state index in [4.69, 9.17) is 46.4 Å². The third-order valence-corrected chi connectivity index (χ3v) is 8.99. The molecule has 6 rings (SSSR count). The summed E-state index contributed by atoms with van der Waals surface area (Å²) in [5.74, 6) is 0. The molecular weight excluding hydrogens is 598 g/mol. The Bertz CT molecular complexity index is 1710. The van der Waals surface area contributed by atoms with E-state index in [1.54, 1.807) is 0 Å². The maximum atomic E-state index is 7.37. The Hall–Kier alpha value is -3.78. The van der Waals surface area contributed by atoms with Crippen LogP contribution in [0.25, 0.3) is 22.3 Å². The average molecular weight is 622 g/mol. The highest BCUT2D eigenvalue weighted by Crippen LogP contribution is 2.50. The molecule has 0 aromatic heterocycles. The quantitative estimate of drug-likeness (QED) is 0.213. The van der Waals surface area contributed by atoms with Crippen LogP contribution in [0.15, 0.2) is 177 Å². The molecule has 0 saturated carbocycles. The predicted octanol–water partition coefficient (Wildman–Crippen LogP) is 12.0. The molecule has 0 aliphatic heterocycles. The molecule has 0 radical (unpaired) electrons. The van der Waals surface area contributed by atoms with E-state index in [-0.39, 0.29) is 0 Å². The zero-order chi connectivity index (χ0) is 29.1. The van der Waals surface area contributed by atoms with E-state index in [0.29, 0.717) is 31.3 Å². The summed E-state index contributed by atoms with van der Waals surface area (Å²) < 4.78 is 0. The minimum Gasteiger partial charge on any atom is -0.0820 e. The SMILES string of the molecule is ClC1=C(Cl)/C(=C2\C(c3ccccc3)=CC=C(c3ccccc3)C(Cl)=C2Cl)C(c2ccccc2)=CC=C1c1ccccc1. The first-order valence-electron chi connectivity index (χ1n) is 13.5. The summed E-state index contributed by atoms with van der Waals surface area (Å²) in [6, 6.07) is 40.2. The van der Waals surface area contributed by atoms with Gasteiger partial charge in [0.15, 0.2) is 0 Å². The van der Waals surface area contributed by atoms with Gasteiger partial charge in [0.25, 0.3) is 0 Å². The van der Waals surface area contributed by atoms with Crippen molar-refractivity contribution < 1.29 is 0 Å². The summed E-state index contributed by atoms with van der Waals surface area (Å²) in [5, 5.41) is 1.64. The Morgan fingerprint density at radius 3 is 0.786 bits per heavy atom. The van der Waals surface area contributed by atoms with E-state index in [1.807, 2.05) is 109 Å². The Morgan fingerprint density at radius 2 is 0.500 bits per heavy atom. The highest BCUT2D eigenvalue weighted by Gasteiger charge is 2.29. The lowest BCUT2D eigenvalue weighted by molar-refractivity contribution is 1.47. The fourth-order valence-electron chi connectivity index (χ4n) is 5.23. The molecule has 0 saturated heterocycles. The van der Waals surface area contributed by atoms with Gasteiger partial charge >= 0.3 is 0 Å². The van der Waals surface area contributed by atoms with Crippen molar-refractivity contribution in [3.05, 3.63) is 199 Å². The van der Waals surface area contributed by atoms with Crippen LogP contribution in [0.4, 0.5) is 0 Å². The van der Waals surface area contributed by atoms with Crippen molar-refractivity contribution in [2.45, 2.75) is 0 Å². The Labute approximate surface area is 266 Å². The largest absolute Gasteiger partial charge is 0.0820 e. The van der Waals surface area contributed by atoms with Crippen LogP contribution >= 0.6 is 46.4 Å². The van der Waals surface area contributed by atoms with E-state index >= 15 is 0 Å². The molecule has 0 bridgehead atoms. The van der Waals surface area contributed by atoms with Gasteiger partial charge in [-0.25, -0.2) is 0 Å². The first-order valence-corrected chi connectivity index (χ1v) is 15.0. The van der Waals surface area contributed by atoms with Crippen LogP contribution in [0.3, 0.4) is 0 Å². The van der Waals surface area contributed by atoms with Crippen molar-refractivity contribution in [1.29, 1.82) is 0 Å². The van der Waals surface area contributed by atoms with Gasteiger partial charge in [-0.2, -0.15) is 0 Å². The number of hydrogen-bond acceptors (Lipinski definition) is 0. The number of hydrogen-bond donors (Lipinski definition) is 0. The number of rotatable bonds is 4. The fraction of sp³-hybridized carbons (Fsp3) is 0. The normalized spacial score (nSPS) is 17.6. The molecule has 4 heteroatoms. The molecule has 204 valence electrons. The third kappa shape index (κ3) is 5.52. The Balaban J connectivity index is 1.71. The van der Waals surface area contributed by atoms with Crippen molar-refractivity contribution in [2.75, 3.05) is 0 Å². The van der Waals surface area contributed by atoms with Gasteiger partial charge in [0.2, 0.25) is 0 Å². The first kappa shape index (κ1) is 28.3. The molecule has 0 heterocycles. The summed E-state index contributed by atoms with van der Waals surface area (Å²) >= 11 is 29.1. The predicted molar refractivity (Wildman–Crippen MR) is 182 cm³/mol. The maximum absolute atomic E-state index is 7.37. The minimum atomic E-state index is 0.391. The molecule has 2 aliphatic carbocycles. The molecule has 0 fully saturated rings. The maximum Gasteiger partial charge on any atom is 0.0684 e. The molecule has 0 atom stereocenters. The van der Waals surface area contributed by atoms with Crippen molar-refractivity contribution in [1.82, 2.24) is 0 Å². The van der Waals surface area contributed by atoms with E-state index in [9.17, 15) is 0 Å². The van der Waals surface area contributed by atoms with Crippen molar-refractivity contribution in [3.63, 3.8) is 0 Å². The van der Waals surface area contributed by atoms with Crippen LogP contribution in [0.5, 0.6) is 0 Å². The summed E-state index contributed by atoms with van der Waals surface area (Å²) in [6.07, 6.45) is 8.17. The number of halogens is 4. The van der Waals surface area contributed by atoms with Crippen LogP contribution in [-0.4, -0.2) is 0 Å². The molecule has 42 heavy (non-hydrogen) atoms. The van der Waals surface area contributed by atoms with Gasteiger partial charge < -0.3 is 0 Å². The Morgan fingerprint density at radius 1 is 0.262 bits per heavy atom. The second-order valence-electron chi connectivity index (χ2n) is 9.79. The number of benzene rings is 4. The summed E-state index contributed by atoms with van der Waals surface area (Å²) in [4.78, 5) is 0. The molecule has 0 nitrogen and oxygen atoms in total. The topological polar surface area (TPSA) is 0 Å². The van der Waals surface area contributed by atoms with Crippen LogP contribution in [0, 0.1) is 0 Å². The van der Waals surface area contributed by atoms with Crippen LogP contribution in [0.1, 0.15) is 22.3 Å². The lowest BCUT2D eigenvalue weighted by atomic mass is 9.87. The second kappa shape index (κ2) is 12.6. The van der Waals surface area contributed by atoms with Gasteiger partial charge in [0.05, 0.1) is 20.1 Å². The summed E-state index contributed by atoms with van der Waals surface area (Å²) in [5.41, 5.74) is 8.68. The highest BCUT2D eigenvalue weighted by atomic mass is 35.5. The molecular formula is C38H24Cl4. The van der Waals surface area contributed by atoms with E-state index in [1.165, 1.54) is 0 Å². The lowest BCUT2D eigenvalue weighted by Gasteiger charge is -2.21. The molecule has 2 aliphatic rings. The summed E-state index contributed by atoms with van der Waals surface area (Å²) in [7, 11) is 0. The number of allylic oxidation sites excluding steroid dienone is 14. The monoisotopic (exact) mass is 620 g/mol. The molecule has 4 aromatic rings. The molecule has 0 unspecified atom stereocenters. The van der Waals surface area contributed by atoms with Crippen LogP contribution in [0.2, 0.25) is 0 Å². The molecule has 0 amide bonds. The van der Waals surface area contributed by atoms with Crippen molar-refractivity contribution in [3.8, 4) is 0 Å². The standard InChI is InChI=1S/C38H24Cl4/c39-35-31(27-17-9-3-10-18-27)23-21-29(25-13-5-1-6-14-25)33(37(35)41)34-30(26-15-7-2-8-16-26)22-24-32(36(40)38(34)42)28-19-11-4-12-20-28/h1-24H/b34-33+. The van der Waals surface area contributed by atoms with Crippen molar-refractivity contribution >= 4 is 68.7 Å². The van der Waals surface area contributed by atoms with E-state index in [0.717, 1.165) is 44.5 Å². The highest BCUT2D eigenvalue weighted by molar-refractivity contribution is 6.49. The molecule has 0 N–H and O–H groups in total. The Kier molecular flexibility index (Phi) is 8.51. The van der Waals surface area contributed by atoms with Gasteiger partial charge in [0.1, 0.15) is 0 Å². The third-order valence-electron chi connectivity index (χ3n) is 7.26. The van der Waals surface area contributed by atoms with Gasteiger partial charge in [-0.3, -0.25) is 0 Å². The lowest BCUT2D eigenvalue weighted by Crippen LogP contribution is -2.02. The average Bonchev–Trinajstić information content (AvgIpc) is 3.26. The summed E-state index contributed by atoms with van der Waals surface area (Å²) in [6.45, 7) is 0. The minimum absolute atomic E-state index is 0.391. The van der Waals surface area contributed by atoms with Gasteiger partial charge in [-0.15, -0.1) is 0 Å². The molecule has 4 aromatic carbocycles. The van der Waals surface area contributed by atoms with E-state index in [2.05, 4.69) is 36.4 Å². The van der Waals surface area contributed by atoms with Gasteiger partial charge in [0, 0.05) is 22.3 Å². The molecule has 0 spiro atoms. The van der Waals surface area contributed by atoms with Crippen LogP contribution in [-0.2, 0) is 0 Å².